The summed E-state index contributed by atoms with van der Waals surface area (Å²) in [5.41, 5.74) is -0.440. The maximum atomic E-state index is 13.6. The molecule has 2 atom stereocenters. The molecule has 3 aromatic rings. The normalized spacial score (nSPS) is 19.7. The van der Waals surface area contributed by atoms with Crippen LogP contribution in [-0.4, -0.2) is 45.0 Å². The summed E-state index contributed by atoms with van der Waals surface area (Å²) in [5.74, 6) is -2.22. The highest BCUT2D eigenvalue weighted by atomic mass is 32.2. The molecule has 2 aromatic heterocycles. The number of halogens is 1. The van der Waals surface area contributed by atoms with E-state index in [1.165, 1.54) is 63.6 Å². The molecule has 2 aliphatic heterocycles. The van der Waals surface area contributed by atoms with E-state index in [0.717, 1.165) is 16.6 Å². The minimum Gasteiger partial charge on any atom is -0.477 e. The summed E-state index contributed by atoms with van der Waals surface area (Å²) < 4.78 is 14.6. The number of thioether (sulfide) groups is 2. The smallest absolute Gasteiger partial charge is 0.353 e. The van der Waals surface area contributed by atoms with E-state index in [1.807, 2.05) is 17.5 Å². The lowest BCUT2D eigenvalue weighted by Crippen LogP contribution is -2.70. The maximum Gasteiger partial charge on any atom is 0.353 e. The highest BCUT2D eigenvalue weighted by molar-refractivity contribution is 8.07. The highest BCUT2D eigenvalue weighted by Crippen LogP contribution is 2.46. The molecular weight excluding hydrogens is 520 g/mol. The number of amides is 2. The van der Waals surface area contributed by atoms with Crippen molar-refractivity contribution in [2.24, 2.45) is 0 Å². The van der Waals surface area contributed by atoms with Crippen molar-refractivity contribution in [3.8, 4) is 0 Å². The summed E-state index contributed by atoms with van der Waals surface area (Å²) in [6.07, 6.45) is 0.156. The van der Waals surface area contributed by atoms with Crippen LogP contribution in [-0.2, 0) is 20.8 Å². The van der Waals surface area contributed by atoms with Gasteiger partial charge in [0.15, 0.2) is 5.43 Å². The first-order valence-corrected chi connectivity index (χ1v) is 13.5. The van der Waals surface area contributed by atoms with Crippen molar-refractivity contribution in [1.82, 2.24) is 10.2 Å². The summed E-state index contributed by atoms with van der Waals surface area (Å²) >= 11 is 5.07. The Labute approximate surface area is 208 Å². The minimum absolute atomic E-state index is 0.151. The zero-order valence-electron chi connectivity index (χ0n) is 17.1. The number of hydrogen-bond donors (Lipinski definition) is 2. The fourth-order valence-electron chi connectivity index (χ4n) is 3.74. The summed E-state index contributed by atoms with van der Waals surface area (Å²) in [7, 11) is 0. The number of hydrogen-bond acceptors (Lipinski definition) is 8. The Bertz CT molecular complexity index is 1420. The van der Waals surface area contributed by atoms with Gasteiger partial charge in [-0.15, -0.1) is 34.4 Å². The first-order valence-electron chi connectivity index (χ1n) is 9.96. The van der Waals surface area contributed by atoms with Crippen molar-refractivity contribution >= 4 is 74.1 Å². The van der Waals surface area contributed by atoms with Gasteiger partial charge < -0.3 is 10.4 Å². The lowest BCUT2D eigenvalue weighted by molar-refractivity contribution is -0.150. The Kier molecular flexibility index (Phi) is 6.23. The van der Waals surface area contributed by atoms with E-state index < -0.39 is 29.1 Å². The number of carbonyl (C=O) groups is 3. The molecule has 0 radical (unpaired) electrons. The van der Waals surface area contributed by atoms with Crippen LogP contribution in [0.4, 0.5) is 4.39 Å². The standard InChI is InChI=1S/C22H15FN2O5S4/c23-10-3-4-12-13(26)8-17(33-14(12)6-10)34-15-9-32-21-18(20(28)25(21)19(15)22(29)30)24-16(27)7-11-2-1-5-31-11/h1-6,8,18,21H,7,9H2,(H,24,27)(H,29,30)/t18?,21-/m1/s1. The summed E-state index contributed by atoms with van der Waals surface area (Å²) in [6.45, 7) is 0. The van der Waals surface area contributed by atoms with Gasteiger partial charge in [0.05, 0.1) is 10.6 Å². The molecule has 1 saturated heterocycles. The molecule has 1 unspecified atom stereocenters. The molecule has 2 aliphatic rings. The van der Waals surface area contributed by atoms with Gasteiger partial charge in [-0.05, 0) is 29.6 Å². The average molecular weight is 535 g/mol. The molecule has 1 fully saturated rings. The Morgan fingerprint density at radius 2 is 2.06 bits per heavy atom. The zero-order chi connectivity index (χ0) is 24.0. The van der Waals surface area contributed by atoms with Gasteiger partial charge in [-0.25, -0.2) is 9.18 Å². The first kappa shape index (κ1) is 23.1. The number of thiophene rings is 1. The molecule has 2 amide bonds. The van der Waals surface area contributed by atoms with Crippen molar-refractivity contribution in [3.63, 3.8) is 0 Å². The largest absolute Gasteiger partial charge is 0.477 e. The van der Waals surface area contributed by atoms with Crippen LogP contribution in [0, 0.1) is 5.82 Å². The molecule has 2 N–H and O–H groups in total. The first-order chi connectivity index (χ1) is 16.3. The van der Waals surface area contributed by atoms with Crippen LogP contribution in [0.1, 0.15) is 4.88 Å². The maximum absolute atomic E-state index is 13.6. The fourth-order valence-corrected chi connectivity index (χ4v) is 8.34. The molecule has 12 heteroatoms. The van der Waals surface area contributed by atoms with Crippen LogP contribution in [0.3, 0.4) is 0 Å². The van der Waals surface area contributed by atoms with Gasteiger partial charge in [-0.2, -0.15) is 0 Å². The molecular formula is C22H15FN2O5S4. The Balaban J connectivity index is 1.38. The fraction of sp³-hybridized carbons (Fsp3) is 0.182. The van der Waals surface area contributed by atoms with Crippen molar-refractivity contribution in [3.05, 3.63) is 73.3 Å². The third-order valence-electron chi connectivity index (χ3n) is 5.26. The van der Waals surface area contributed by atoms with E-state index in [-0.39, 0.29) is 23.5 Å². The van der Waals surface area contributed by atoms with Crippen LogP contribution < -0.4 is 10.7 Å². The number of carboxylic acids is 1. The molecule has 7 nitrogen and oxygen atoms in total. The van der Waals surface area contributed by atoms with Crippen LogP contribution in [0.25, 0.3) is 10.1 Å². The predicted molar refractivity (Wildman–Crippen MR) is 132 cm³/mol. The number of nitrogens with one attached hydrogen (secondary N) is 1. The molecule has 0 bridgehead atoms. The predicted octanol–water partition coefficient (Wildman–Crippen LogP) is 3.49. The van der Waals surface area contributed by atoms with E-state index in [4.69, 9.17) is 0 Å². The molecule has 0 saturated carbocycles. The quantitative estimate of drug-likeness (QED) is 0.467. The van der Waals surface area contributed by atoms with Crippen LogP contribution >= 0.6 is 46.2 Å². The third-order valence-corrected chi connectivity index (χ3v) is 9.88. The van der Waals surface area contributed by atoms with Crippen molar-refractivity contribution in [1.29, 1.82) is 0 Å². The number of carboxylic acid groups (broad SMARTS) is 1. The Morgan fingerprint density at radius 1 is 1.24 bits per heavy atom. The van der Waals surface area contributed by atoms with E-state index in [9.17, 15) is 28.7 Å². The van der Waals surface area contributed by atoms with Gasteiger partial charge in [0.1, 0.15) is 22.9 Å². The number of fused-ring (bicyclic) bond motifs is 2. The third kappa shape index (κ3) is 4.26. The number of nitrogens with zero attached hydrogens (tertiary/aromatic N) is 1. The van der Waals surface area contributed by atoms with E-state index in [0.29, 0.717) is 25.0 Å². The second-order valence-corrected chi connectivity index (χ2v) is 12.1. The number of carbonyl (C=O) groups excluding carboxylic acids is 2. The van der Waals surface area contributed by atoms with Crippen molar-refractivity contribution in [2.45, 2.75) is 22.0 Å². The van der Waals surface area contributed by atoms with Gasteiger partial charge in [0.2, 0.25) is 5.91 Å². The van der Waals surface area contributed by atoms with Crippen molar-refractivity contribution < 1.29 is 23.9 Å². The lowest BCUT2D eigenvalue weighted by Gasteiger charge is -2.49. The van der Waals surface area contributed by atoms with Gasteiger partial charge in [-0.1, -0.05) is 17.8 Å². The monoisotopic (exact) mass is 534 g/mol. The van der Waals surface area contributed by atoms with Crippen LogP contribution in [0.5, 0.6) is 0 Å². The Morgan fingerprint density at radius 3 is 2.79 bits per heavy atom. The molecule has 5 rings (SSSR count). The number of benzene rings is 1. The lowest BCUT2D eigenvalue weighted by atomic mass is 10.0. The second kappa shape index (κ2) is 9.17. The molecule has 34 heavy (non-hydrogen) atoms. The molecule has 0 spiro atoms. The van der Waals surface area contributed by atoms with Crippen molar-refractivity contribution in [2.75, 3.05) is 5.75 Å². The average Bonchev–Trinajstić information content (AvgIpc) is 3.29. The minimum atomic E-state index is -1.26. The van der Waals surface area contributed by atoms with Gasteiger partial charge in [0.25, 0.3) is 5.91 Å². The summed E-state index contributed by atoms with van der Waals surface area (Å²) in [5, 5.41) is 14.3. The van der Waals surface area contributed by atoms with Crippen LogP contribution in [0.15, 0.2) is 61.4 Å². The second-order valence-electron chi connectivity index (χ2n) is 7.46. The molecule has 4 heterocycles. The van der Waals surface area contributed by atoms with Gasteiger partial charge in [-0.3, -0.25) is 19.3 Å². The number of rotatable bonds is 6. The highest BCUT2D eigenvalue weighted by Gasteiger charge is 2.54. The number of aliphatic carboxylic acids is 1. The van der Waals surface area contributed by atoms with E-state index in [2.05, 4.69) is 5.32 Å². The van der Waals surface area contributed by atoms with Gasteiger partial charge >= 0.3 is 5.97 Å². The Hall–Kier alpha value is -2.67. The summed E-state index contributed by atoms with van der Waals surface area (Å²) in [4.78, 5) is 52.2. The summed E-state index contributed by atoms with van der Waals surface area (Å²) in [6, 6.07) is 8.18. The van der Waals surface area contributed by atoms with E-state index >= 15 is 0 Å². The van der Waals surface area contributed by atoms with Gasteiger partial charge in [0, 0.05) is 31.7 Å². The SMILES string of the molecule is O=C(Cc1cccs1)NC1C(=O)N2C(C(=O)O)=C(Sc3cc(=O)c4ccc(F)cc4s3)CS[C@H]12. The topological polar surface area (TPSA) is 104 Å². The number of β-lactam (4-membered cyclic amide) rings is 1. The molecule has 1 aromatic carbocycles. The zero-order valence-corrected chi connectivity index (χ0v) is 20.4. The van der Waals surface area contributed by atoms with Crippen LogP contribution in [0.2, 0.25) is 0 Å². The molecule has 0 aliphatic carbocycles. The van der Waals surface area contributed by atoms with E-state index in [1.54, 1.807) is 0 Å². The molecule has 174 valence electrons.